The van der Waals surface area contributed by atoms with E-state index in [1.807, 2.05) is 31.2 Å². The lowest BCUT2D eigenvalue weighted by atomic mass is 10.0. The SMILES string of the molecule is Cc1ccc([C@@H]2C=C(c3ccc(Br)cc3)Nc3nc(N4C(=O)CCC4=O)nn32)cc1. The van der Waals surface area contributed by atoms with Gasteiger partial charge in [-0.1, -0.05) is 57.9 Å². The highest BCUT2D eigenvalue weighted by molar-refractivity contribution is 9.10. The Bertz CT molecular complexity index is 1170. The monoisotopic (exact) mass is 463 g/mol. The molecule has 2 aliphatic heterocycles. The summed E-state index contributed by atoms with van der Waals surface area (Å²) in [6.45, 7) is 2.04. The standard InChI is InChI=1S/C22H18BrN5O2/c1-13-2-4-15(5-3-13)18-12-17(14-6-8-16(23)9-7-14)24-21-25-22(26-28(18)21)27-19(29)10-11-20(27)30/h2-9,12,18H,10-11H2,1H3,(H,24,25,26)/t18-/m0/s1. The van der Waals surface area contributed by atoms with Gasteiger partial charge in [0.15, 0.2) is 0 Å². The molecule has 0 radical (unpaired) electrons. The van der Waals surface area contributed by atoms with Crippen LogP contribution in [-0.4, -0.2) is 26.6 Å². The first kappa shape index (κ1) is 18.7. The highest BCUT2D eigenvalue weighted by Crippen LogP contribution is 2.34. The van der Waals surface area contributed by atoms with Gasteiger partial charge < -0.3 is 5.32 Å². The summed E-state index contributed by atoms with van der Waals surface area (Å²) in [5, 5.41) is 7.83. The molecule has 0 unspecified atom stereocenters. The number of nitrogens with one attached hydrogen (secondary N) is 1. The lowest BCUT2D eigenvalue weighted by Gasteiger charge is -2.24. The molecule has 7 nitrogen and oxygen atoms in total. The Hall–Kier alpha value is -3.26. The van der Waals surface area contributed by atoms with E-state index in [4.69, 9.17) is 0 Å². The minimum atomic E-state index is -0.268. The second-order valence-electron chi connectivity index (χ2n) is 7.37. The normalized spacial score (nSPS) is 18.3. The van der Waals surface area contributed by atoms with Gasteiger partial charge in [-0.3, -0.25) is 9.59 Å². The predicted octanol–water partition coefficient (Wildman–Crippen LogP) is 4.06. The van der Waals surface area contributed by atoms with Gasteiger partial charge in [-0.05, 0) is 36.3 Å². The van der Waals surface area contributed by atoms with E-state index in [0.717, 1.165) is 31.8 Å². The fraction of sp³-hybridized carbons (Fsp3) is 0.182. The van der Waals surface area contributed by atoms with E-state index >= 15 is 0 Å². The van der Waals surface area contributed by atoms with Crippen molar-refractivity contribution >= 4 is 45.3 Å². The molecule has 2 aromatic carbocycles. The largest absolute Gasteiger partial charge is 0.324 e. The van der Waals surface area contributed by atoms with E-state index in [-0.39, 0.29) is 36.6 Å². The summed E-state index contributed by atoms with van der Waals surface area (Å²) in [6.07, 6.45) is 2.47. The summed E-state index contributed by atoms with van der Waals surface area (Å²) >= 11 is 3.47. The van der Waals surface area contributed by atoms with Crippen LogP contribution in [0.25, 0.3) is 5.70 Å². The average Bonchev–Trinajstić information content (AvgIpc) is 3.30. The van der Waals surface area contributed by atoms with E-state index in [9.17, 15) is 9.59 Å². The zero-order valence-corrected chi connectivity index (χ0v) is 17.8. The lowest BCUT2D eigenvalue weighted by Crippen LogP contribution is -2.29. The van der Waals surface area contributed by atoms with E-state index in [0.29, 0.717) is 5.95 Å². The van der Waals surface area contributed by atoms with Crippen molar-refractivity contribution in [1.82, 2.24) is 14.8 Å². The maximum Gasteiger partial charge on any atom is 0.260 e. The second-order valence-corrected chi connectivity index (χ2v) is 8.29. The van der Waals surface area contributed by atoms with Gasteiger partial charge >= 0.3 is 0 Å². The summed E-state index contributed by atoms with van der Waals surface area (Å²) in [7, 11) is 0. The molecule has 30 heavy (non-hydrogen) atoms. The van der Waals surface area contributed by atoms with Crippen LogP contribution in [0.1, 0.15) is 35.6 Å². The molecule has 1 fully saturated rings. The average molecular weight is 464 g/mol. The zero-order chi connectivity index (χ0) is 20.8. The van der Waals surface area contributed by atoms with Gasteiger partial charge in [0.2, 0.25) is 17.8 Å². The van der Waals surface area contributed by atoms with Crippen LogP contribution in [-0.2, 0) is 9.59 Å². The number of amides is 2. The van der Waals surface area contributed by atoms with Gasteiger partial charge in [0.05, 0.1) is 0 Å². The Morgan fingerprint density at radius 1 is 1.00 bits per heavy atom. The summed E-state index contributed by atoms with van der Waals surface area (Å²) < 4.78 is 2.72. The fourth-order valence-corrected chi connectivity index (χ4v) is 3.94. The number of halogens is 1. The minimum Gasteiger partial charge on any atom is -0.324 e. The summed E-state index contributed by atoms with van der Waals surface area (Å²) in [5.74, 6) is 0.0721. The van der Waals surface area contributed by atoms with Crippen LogP contribution >= 0.6 is 15.9 Å². The maximum atomic E-state index is 12.2. The number of nitrogens with zero attached hydrogens (tertiary/aromatic N) is 4. The van der Waals surface area contributed by atoms with E-state index < -0.39 is 0 Å². The van der Waals surface area contributed by atoms with Crippen LogP contribution in [0.3, 0.4) is 0 Å². The number of rotatable bonds is 3. The molecular formula is C22H18BrN5O2. The molecule has 5 rings (SSSR count). The number of anilines is 2. The third-order valence-electron chi connectivity index (χ3n) is 5.28. The quantitative estimate of drug-likeness (QED) is 0.592. The summed E-state index contributed by atoms with van der Waals surface area (Å²) in [5.41, 5.74) is 4.09. The van der Waals surface area contributed by atoms with Gasteiger partial charge in [-0.2, -0.15) is 4.98 Å². The Balaban J connectivity index is 1.61. The number of fused-ring (bicyclic) bond motifs is 1. The zero-order valence-electron chi connectivity index (χ0n) is 16.2. The maximum absolute atomic E-state index is 12.2. The molecular weight excluding hydrogens is 446 g/mol. The van der Waals surface area contributed by atoms with Crippen LogP contribution in [0.15, 0.2) is 59.1 Å². The Morgan fingerprint density at radius 3 is 2.33 bits per heavy atom. The first-order chi connectivity index (χ1) is 14.5. The molecule has 8 heteroatoms. The molecule has 1 N–H and O–H groups in total. The molecule has 0 aliphatic carbocycles. The molecule has 150 valence electrons. The van der Waals surface area contributed by atoms with E-state index in [2.05, 4.69) is 61.7 Å². The van der Waals surface area contributed by atoms with Crippen LogP contribution in [0.5, 0.6) is 0 Å². The summed E-state index contributed by atoms with van der Waals surface area (Å²) in [6, 6.07) is 16.0. The smallest absolute Gasteiger partial charge is 0.260 e. The van der Waals surface area contributed by atoms with Crippen molar-refractivity contribution < 1.29 is 9.59 Å². The molecule has 0 spiro atoms. The van der Waals surface area contributed by atoms with Crippen molar-refractivity contribution in [3.8, 4) is 0 Å². The van der Waals surface area contributed by atoms with E-state index in [1.165, 1.54) is 0 Å². The third-order valence-corrected chi connectivity index (χ3v) is 5.81. The summed E-state index contributed by atoms with van der Waals surface area (Å²) in [4.78, 5) is 29.9. The first-order valence-corrected chi connectivity index (χ1v) is 10.4. The molecule has 3 aromatic rings. The number of carbonyl (C=O) groups excluding carboxylic acids is 2. The Morgan fingerprint density at radius 2 is 1.67 bits per heavy atom. The lowest BCUT2D eigenvalue weighted by molar-refractivity contribution is -0.121. The van der Waals surface area contributed by atoms with Crippen molar-refractivity contribution in [2.45, 2.75) is 25.8 Å². The van der Waals surface area contributed by atoms with Crippen LogP contribution in [0, 0.1) is 6.92 Å². The first-order valence-electron chi connectivity index (χ1n) is 9.63. The molecule has 2 amide bonds. The molecule has 1 atom stereocenters. The number of aryl methyl sites for hydroxylation is 1. The number of allylic oxidation sites excluding steroid dienone is 1. The number of imide groups is 1. The number of benzene rings is 2. The van der Waals surface area contributed by atoms with Gasteiger partial charge in [-0.15, -0.1) is 5.10 Å². The van der Waals surface area contributed by atoms with Crippen LogP contribution in [0.2, 0.25) is 0 Å². The third kappa shape index (κ3) is 3.23. The van der Waals surface area contributed by atoms with Gasteiger partial charge in [0.25, 0.3) is 5.95 Å². The Kier molecular flexibility index (Phi) is 4.51. The topological polar surface area (TPSA) is 80.1 Å². The molecule has 0 saturated carbocycles. The number of aromatic nitrogens is 3. The highest BCUT2D eigenvalue weighted by Gasteiger charge is 2.35. The molecule has 0 bridgehead atoms. The van der Waals surface area contributed by atoms with Crippen LogP contribution in [0.4, 0.5) is 11.9 Å². The van der Waals surface area contributed by atoms with Crippen molar-refractivity contribution in [2.75, 3.05) is 10.2 Å². The Labute approximate surface area is 181 Å². The number of hydrogen-bond donors (Lipinski definition) is 1. The second kappa shape index (κ2) is 7.21. The number of hydrogen-bond acceptors (Lipinski definition) is 5. The fourth-order valence-electron chi connectivity index (χ4n) is 3.68. The van der Waals surface area contributed by atoms with Gasteiger partial charge in [-0.25, -0.2) is 9.58 Å². The molecule has 3 heterocycles. The van der Waals surface area contributed by atoms with E-state index in [1.54, 1.807) is 4.68 Å². The van der Waals surface area contributed by atoms with Crippen molar-refractivity contribution in [3.63, 3.8) is 0 Å². The highest BCUT2D eigenvalue weighted by atomic mass is 79.9. The predicted molar refractivity (Wildman–Crippen MR) is 117 cm³/mol. The van der Waals surface area contributed by atoms with Gasteiger partial charge in [0.1, 0.15) is 6.04 Å². The number of carbonyl (C=O) groups is 2. The van der Waals surface area contributed by atoms with Crippen molar-refractivity contribution in [2.24, 2.45) is 0 Å². The van der Waals surface area contributed by atoms with Crippen LogP contribution < -0.4 is 10.2 Å². The van der Waals surface area contributed by atoms with Crippen molar-refractivity contribution in [1.29, 1.82) is 0 Å². The van der Waals surface area contributed by atoms with Crippen molar-refractivity contribution in [3.05, 3.63) is 75.8 Å². The molecule has 1 saturated heterocycles. The minimum absolute atomic E-state index is 0.118. The van der Waals surface area contributed by atoms with Gasteiger partial charge in [0, 0.05) is 23.0 Å². The molecule has 2 aliphatic rings. The molecule has 1 aromatic heterocycles.